The first-order chi connectivity index (χ1) is 9.11. The van der Waals surface area contributed by atoms with E-state index in [2.05, 4.69) is 22.5 Å². The van der Waals surface area contributed by atoms with Gasteiger partial charge in [0.05, 0.1) is 16.6 Å². The molecule has 1 fully saturated rings. The predicted octanol–water partition coefficient (Wildman–Crippen LogP) is 1.84. The minimum atomic E-state index is -0.647. The Morgan fingerprint density at radius 2 is 2.16 bits per heavy atom. The molecule has 0 bridgehead atoms. The van der Waals surface area contributed by atoms with Crippen molar-refractivity contribution in [1.29, 1.82) is 0 Å². The molecular weight excluding hydrogens is 238 g/mol. The number of aliphatic hydroxyl groups is 1. The van der Waals surface area contributed by atoms with Crippen LogP contribution in [0.5, 0.6) is 0 Å². The van der Waals surface area contributed by atoms with Crippen LogP contribution >= 0.6 is 0 Å². The Kier molecular flexibility index (Phi) is 3.07. The largest absolute Gasteiger partial charge is 0.389 e. The number of fused-ring (bicyclic) bond motifs is 1. The lowest BCUT2D eigenvalue weighted by Crippen LogP contribution is -2.53. The fourth-order valence-electron chi connectivity index (χ4n) is 3.09. The third kappa shape index (κ3) is 2.26. The molecule has 0 saturated heterocycles. The Morgan fingerprint density at radius 3 is 2.84 bits per heavy atom. The van der Waals surface area contributed by atoms with Gasteiger partial charge in [0, 0.05) is 19.0 Å². The number of rotatable bonds is 4. The summed E-state index contributed by atoms with van der Waals surface area (Å²) in [5.41, 5.74) is 7.32. The summed E-state index contributed by atoms with van der Waals surface area (Å²) >= 11 is 0. The number of aromatic nitrogens is 2. The average Bonchev–Trinajstić information content (AvgIpc) is 2.66. The fraction of sp³-hybridized carbons (Fsp3) is 0.533. The maximum atomic E-state index is 10.4. The van der Waals surface area contributed by atoms with Gasteiger partial charge in [-0.25, -0.2) is 4.98 Å². The Morgan fingerprint density at radius 1 is 1.42 bits per heavy atom. The van der Waals surface area contributed by atoms with E-state index in [0.29, 0.717) is 19.3 Å². The van der Waals surface area contributed by atoms with Gasteiger partial charge in [0.2, 0.25) is 0 Å². The van der Waals surface area contributed by atoms with E-state index < -0.39 is 5.60 Å². The molecule has 1 aromatic heterocycles. The number of imidazole rings is 1. The van der Waals surface area contributed by atoms with Crippen molar-refractivity contribution in [2.75, 3.05) is 0 Å². The fourth-order valence-corrected chi connectivity index (χ4v) is 3.09. The van der Waals surface area contributed by atoms with Crippen molar-refractivity contribution in [3.8, 4) is 0 Å². The van der Waals surface area contributed by atoms with Crippen molar-refractivity contribution in [3.05, 3.63) is 30.1 Å². The van der Waals surface area contributed by atoms with Crippen LogP contribution < -0.4 is 5.73 Å². The quantitative estimate of drug-likeness (QED) is 0.880. The topological polar surface area (TPSA) is 64.1 Å². The molecule has 3 N–H and O–H groups in total. The van der Waals surface area contributed by atoms with Gasteiger partial charge in [-0.2, -0.15) is 0 Å². The maximum absolute atomic E-state index is 10.4. The van der Waals surface area contributed by atoms with Gasteiger partial charge in [-0.15, -0.1) is 0 Å². The predicted molar refractivity (Wildman–Crippen MR) is 75.9 cm³/mol. The van der Waals surface area contributed by atoms with Crippen LogP contribution in [0, 0.1) is 0 Å². The zero-order valence-corrected chi connectivity index (χ0v) is 11.3. The molecule has 4 nitrogen and oxygen atoms in total. The zero-order valence-electron chi connectivity index (χ0n) is 11.3. The van der Waals surface area contributed by atoms with Gasteiger partial charge in [0.25, 0.3) is 0 Å². The van der Waals surface area contributed by atoms with Gasteiger partial charge in [0.15, 0.2) is 0 Å². The Bertz CT molecular complexity index is 584. The van der Waals surface area contributed by atoms with E-state index in [-0.39, 0.29) is 6.04 Å². The summed E-state index contributed by atoms with van der Waals surface area (Å²) in [5.74, 6) is 0.984. The van der Waals surface area contributed by atoms with Gasteiger partial charge < -0.3 is 15.4 Å². The van der Waals surface area contributed by atoms with Gasteiger partial charge in [-0.05, 0) is 31.4 Å². The standard InChI is InChI=1S/C15H21N3O/c1-2-7-18-13-6-4-3-5-12(13)17-14(18)10-15(19)8-11(16)9-15/h3-6,11,19H,2,7-10,16H2,1H3. The third-order valence-electron chi connectivity index (χ3n) is 3.95. The summed E-state index contributed by atoms with van der Waals surface area (Å²) < 4.78 is 2.23. The average molecular weight is 259 g/mol. The molecule has 102 valence electrons. The number of hydrogen-bond acceptors (Lipinski definition) is 3. The van der Waals surface area contributed by atoms with Gasteiger partial charge >= 0.3 is 0 Å². The molecule has 1 aliphatic rings. The minimum absolute atomic E-state index is 0.147. The van der Waals surface area contributed by atoms with Gasteiger partial charge in [-0.1, -0.05) is 19.1 Å². The number of hydrogen-bond donors (Lipinski definition) is 2. The highest BCUT2D eigenvalue weighted by Crippen LogP contribution is 2.34. The number of benzene rings is 1. The molecule has 19 heavy (non-hydrogen) atoms. The second-order valence-corrected chi connectivity index (χ2v) is 5.74. The highest BCUT2D eigenvalue weighted by atomic mass is 16.3. The number of aryl methyl sites for hydroxylation is 1. The van der Waals surface area contributed by atoms with Crippen molar-refractivity contribution < 1.29 is 5.11 Å². The summed E-state index contributed by atoms with van der Waals surface area (Å²) in [6.07, 6.45) is 3.03. The molecule has 0 spiro atoms. The molecule has 0 aliphatic heterocycles. The lowest BCUT2D eigenvalue weighted by atomic mass is 9.74. The molecule has 0 atom stereocenters. The summed E-state index contributed by atoms with van der Waals surface area (Å²) in [6, 6.07) is 8.31. The van der Waals surface area contributed by atoms with Crippen LogP contribution in [0.2, 0.25) is 0 Å². The third-order valence-corrected chi connectivity index (χ3v) is 3.95. The molecule has 1 saturated carbocycles. The second-order valence-electron chi connectivity index (χ2n) is 5.74. The molecule has 1 heterocycles. The molecule has 2 aromatic rings. The lowest BCUT2D eigenvalue weighted by molar-refractivity contribution is -0.0474. The first kappa shape index (κ1) is 12.6. The van der Waals surface area contributed by atoms with Crippen molar-refractivity contribution in [2.24, 2.45) is 5.73 Å². The number of nitrogens with zero attached hydrogens (tertiary/aromatic N) is 2. The minimum Gasteiger partial charge on any atom is -0.389 e. The molecule has 3 rings (SSSR count). The Balaban J connectivity index is 1.95. The number of para-hydroxylation sites is 2. The molecule has 0 amide bonds. The van der Waals surface area contributed by atoms with Crippen molar-refractivity contribution >= 4 is 11.0 Å². The van der Waals surface area contributed by atoms with Crippen LogP contribution in [0.15, 0.2) is 24.3 Å². The molecule has 1 aromatic carbocycles. The van der Waals surface area contributed by atoms with E-state index in [4.69, 9.17) is 5.73 Å². The second kappa shape index (κ2) is 4.62. The zero-order chi connectivity index (χ0) is 13.5. The van der Waals surface area contributed by atoms with Crippen molar-refractivity contribution in [1.82, 2.24) is 9.55 Å². The smallest absolute Gasteiger partial charge is 0.112 e. The van der Waals surface area contributed by atoms with Gasteiger partial charge in [-0.3, -0.25) is 0 Å². The van der Waals surface area contributed by atoms with Crippen LogP contribution in [0.3, 0.4) is 0 Å². The first-order valence-electron chi connectivity index (χ1n) is 7.03. The lowest BCUT2D eigenvalue weighted by Gasteiger charge is -2.41. The Labute approximate surface area is 113 Å². The highest BCUT2D eigenvalue weighted by molar-refractivity contribution is 5.75. The van der Waals surface area contributed by atoms with Crippen molar-refractivity contribution in [2.45, 2.75) is 50.8 Å². The van der Waals surface area contributed by atoms with Gasteiger partial charge in [0.1, 0.15) is 5.82 Å². The van der Waals surface area contributed by atoms with Crippen LogP contribution in [0.1, 0.15) is 32.0 Å². The normalized spacial score (nSPS) is 26.6. The van der Waals surface area contributed by atoms with Crippen molar-refractivity contribution in [3.63, 3.8) is 0 Å². The van der Waals surface area contributed by atoms with Crippen LogP contribution in [-0.2, 0) is 13.0 Å². The summed E-state index contributed by atoms with van der Waals surface area (Å²) in [6.45, 7) is 3.10. The summed E-state index contributed by atoms with van der Waals surface area (Å²) in [5, 5.41) is 10.4. The number of nitrogens with two attached hydrogens (primary N) is 1. The summed E-state index contributed by atoms with van der Waals surface area (Å²) in [7, 11) is 0. The van der Waals surface area contributed by atoms with Crippen LogP contribution in [-0.4, -0.2) is 26.3 Å². The van der Waals surface area contributed by atoms with E-state index in [1.807, 2.05) is 18.2 Å². The monoisotopic (exact) mass is 259 g/mol. The van der Waals surface area contributed by atoms with E-state index in [1.165, 1.54) is 0 Å². The van der Waals surface area contributed by atoms with E-state index in [9.17, 15) is 5.11 Å². The van der Waals surface area contributed by atoms with Crippen LogP contribution in [0.25, 0.3) is 11.0 Å². The molecule has 1 aliphatic carbocycles. The van der Waals surface area contributed by atoms with E-state index in [0.717, 1.165) is 29.8 Å². The molecule has 0 radical (unpaired) electrons. The van der Waals surface area contributed by atoms with E-state index >= 15 is 0 Å². The SMILES string of the molecule is CCCn1c(CC2(O)CC(N)C2)nc2ccccc21. The first-order valence-corrected chi connectivity index (χ1v) is 7.03. The Hall–Kier alpha value is -1.39. The maximum Gasteiger partial charge on any atom is 0.112 e. The molecular formula is C15H21N3O. The molecule has 0 unspecified atom stereocenters. The highest BCUT2D eigenvalue weighted by Gasteiger charge is 2.41. The van der Waals surface area contributed by atoms with E-state index in [1.54, 1.807) is 0 Å². The van der Waals surface area contributed by atoms with Crippen LogP contribution in [0.4, 0.5) is 0 Å². The summed E-state index contributed by atoms with van der Waals surface area (Å²) in [4.78, 5) is 4.69. The molecule has 4 heteroatoms.